The molecule has 9 rings (SSSR count). The molecule has 8 nitrogen and oxygen atoms in total. The van der Waals surface area contributed by atoms with Gasteiger partial charge in [-0.25, -0.2) is 18.2 Å². The van der Waals surface area contributed by atoms with Crippen LogP contribution in [0.4, 0.5) is 19.0 Å². The van der Waals surface area contributed by atoms with E-state index in [0.29, 0.717) is 60.0 Å². The van der Waals surface area contributed by atoms with Crippen molar-refractivity contribution in [2.45, 2.75) is 68.5 Å². The number of hydrogen-bond acceptors (Lipinski definition) is 8. The summed E-state index contributed by atoms with van der Waals surface area (Å²) in [5.74, 6) is 1.84. The number of terminal acetylenes is 1. The van der Waals surface area contributed by atoms with Crippen LogP contribution in [0.25, 0.3) is 32.9 Å². The van der Waals surface area contributed by atoms with E-state index in [9.17, 15) is 8.78 Å². The molecule has 5 aliphatic rings. The highest BCUT2D eigenvalue weighted by Crippen LogP contribution is 2.46. The van der Waals surface area contributed by atoms with Crippen LogP contribution in [0.2, 0.25) is 0 Å². The minimum atomic E-state index is -0.961. The number of fused-ring (bicyclic) bond motifs is 7. The molecule has 0 spiro atoms. The zero-order valence-corrected chi connectivity index (χ0v) is 25.9. The number of anilines is 1. The van der Waals surface area contributed by atoms with Crippen LogP contribution in [-0.4, -0.2) is 82.0 Å². The number of piperazine rings is 1. The Morgan fingerprint density at radius 2 is 2.02 bits per heavy atom. The van der Waals surface area contributed by atoms with E-state index in [1.807, 2.05) is 6.92 Å². The molecule has 1 N–H and O–H groups in total. The fourth-order valence-corrected chi connectivity index (χ4v) is 8.87. The number of rotatable bonds is 4. The second-order valence-corrected chi connectivity index (χ2v) is 13.7. The number of ether oxygens (including phenoxy) is 2. The molecule has 240 valence electrons. The number of alkyl halides is 1. The van der Waals surface area contributed by atoms with Gasteiger partial charge in [0, 0.05) is 49.1 Å². The lowest BCUT2D eigenvalue weighted by Gasteiger charge is -2.42. The van der Waals surface area contributed by atoms with Crippen LogP contribution in [-0.2, 0) is 0 Å². The summed E-state index contributed by atoms with van der Waals surface area (Å²) in [4.78, 5) is 18.6. The third-order valence-electron chi connectivity index (χ3n) is 10.8. The SMILES string of the molecule is C#Cc1c(F)ccc2cccc(-c3nc4c5c(nc(OC[C@]67CC(=C)CN6C[C@H](F)C7)nc5c3F)N3C[C@@H]5CC[C@@H](N5)[C@@H]3[C@@H](C)O4)c12. The average molecular weight is 639 g/mol. The van der Waals surface area contributed by atoms with E-state index >= 15 is 4.39 Å². The molecule has 11 heteroatoms. The lowest BCUT2D eigenvalue weighted by atomic mass is 9.93. The molecule has 47 heavy (non-hydrogen) atoms. The number of aromatic nitrogens is 3. The third-order valence-corrected chi connectivity index (χ3v) is 10.8. The summed E-state index contributed by atoms with van der Waals surface area (Å²) in [6, 6.07) is 8.43. The van der Waals surface area contributed by atoms with Crippen molar-refractivity contribution < 1.29 is 22.6 Å². The van der Waals surface area contributed by atoms with Gasteiger partial charge in [0.25, 0.3) is 0 Å². The summed E-state index contributed by atoms with van der Waals surface area (Å²) >= 11 is 0. The summed E-state index contributed by atoms with van der Waals surface area (Å²) in [5, 5.41) is 5.09. The molecule has 2 aromatic carbocycles. The minimum Gasteiger partial charge on any atom is -0.472 e. The molecule has 0 saturated carbocycles. The van der Waals surface area contributed by atoms with Crippen LogP contribution in [0.1, 0.15) is 38.2 Å². The largest absolute Gasteiger partial charge is 0.472 e. The molecule has 0 radical (unpaired) electrons. The van der Waals surface area contributed by atoms with Crippen LogP contribution in [0.5, 0.6) is 11.9 Å². The monoisotopic (exact) mass is 638 g/mol. The lowest BCUT2D eigenvalue weighted by molar-refractivity contribution is 0.107. The molecular formula is C36H33F3N6O2. The quantitative estimate of drug-likeness (QED) is 0.238. The van der Waals surface area contributed by atoms with Gasteiger partial charge >= 0.3 is 6.01 Å². The van der Waals surface area contributed by atoms with Gasteiger partial charge in [0.05, 0.1) is 17.1 Å². The summed E-state index contributed by atoms with van der Waals surface area (Å²) in [5.41, 5.74) is 0.751. The molecule has 4 fully saturated rings. The summed E-state index contributed by atoms with van der Waals surface area (Å²) in [7, 11) is 0. The number of nitrogens with one attached hydrogen (secondary N) is 1. The molecular weight excluding hydrogens is 605 g/mol. The van der Waals surface area contributed by atoms with Crippen molar-refractivity contribution >= 4 is 27.5 Å². The standard InChI is InChI=1S/C36H33F3N6O2/c1-4-23-25(38)10-8-20-6-5-7-24(27(20)23)30-29(39)31-28-33(45-16-22-9-11-26(40-22)32(45)19(3)47-34(28)41-30)43-35(42-31)46-17-36-12-18(2)14-44(36)15-21(37)13-36/h1,5-8,10,19,21-22,26,32,40H,2,9,11-17H2,3H3/t19-,21-,22+,26-,32+,36-/m1/s1. The molecule has 0 unspecified atom stereocenters. The first-order chi connectivity index (χ1) is 22.7. The highest BCUT2D eigenvalue weighted by molar-refractivity contribution is 6.03. The van der Waals surface area contributed by atoms with Crippen molar-refractivity contribution in [2.24, 2.45) is 0 Å². The maximum absolute atomic E-state index is 17.1. The lowest BCUT2D eigenvalue weighted by Crippen LogP contribution is -2.62. The van der Waals surface area contributed by atoms with Crippen molar-refractivity contribution in [1.82, 2.24) is 25.2 Å². The van der Waals surface area contributed by atoms with Gasteiger partial charge in [0.2, 0.25) is 5.88 Å². The highest BCUT2D eigenvalue weighted by atomic mass is 19.1. The molecule has 0 aliphatic carbocycles. The zero-order chi connectivity index (χ0) is 32.2. The Hall–Kier alpha value is -4.40. The Kier molecular flexibility index (Phi) is 6.31. The van der Waals surface area contributed by atoms with Gasteiger partial charge in [-0.2, -0.15) is 9.97 Å². The maximum Gasteiger partial charge on any atom is 0.319 e. The second-order valence-electron chi connectivity index (χ2n) is 13.7. The van der Waals surface area contributed by atoms with Crippen molar-refractivity contribution in [3.63, 3.8) is 0 Å². The van der Waals surface area contributed by atoms with E-state index in [1.54, 1.807) is 24.3 Å². The second kappa shape index (κ2) is 10.3. The minimum absolute atomic E-state index is 0.00361. The fraction of sp³-hybridized carbons (Fsp3) is 0.417. The van der Waals surface area contributed by atoms with Crippen molar-refractivity contribution in [3.8, 4) is 35.5 Å². The van der Waals surface area contributed by atoms with Gasteiger partial charge in [0.1, 0.15) is 47.1 Å². The number of benzene rings is 2. The van der Waals surface area contributed by atoms with Crippen molar-refractivity contribution in [1.29, 1.82) is 0 Å². The van der Waals surface area contributed by atoms with Crippen molar-refractivity contribution in [2.75, 3.05) is 31.1 Å². The zero-order valence-electron chi connectivity index (χ0n) is 25.9. The van der Waals surface area contributed by atoms with E-state index in [-0.39, 0.29) is 59.5 Å². The number of pyridine rings is 1. The van der Waals surface area contributed by atoms with Gasteiger partial charge in [-0.3, -0.25) is 4.90 Å². The molecule has 2 bridgehead atoms. The summed E-state index contributed by atoms with van der Waals surface area (Å²) < 4.78 is 59.6. The Morgan fingerprint density at radius 3 is 2.87 bits per heavy atom. The van der Waals surface area contributed by atoms with Crippen LogP contribution < -0.4 is 19.7 Å². The molecule has 5 aliphatic heterocycles. The smallest absolute Gasteiger partial charge is 0.319 e. The summed E-state index contributed by atoms with van der Waals surface area (Å²) in [6.07, 6.45) is 7.40. The van der Waals surface area contributed by atoms with E-state index in [2.05, 4.69) is 32.6 Å². The predicted octanol–water partition coefficient (Wildman–Crippen LogP) is 5.32. The molecule has 2 aromatic heterocycles. The van der Waals surface area contributed by atoms with Gasteiger partial charge in [-0.15, -0.1) is 6.42 Å². The molecule has 0 amide bonds. The number of hydrogen-bond donors (Lipinski definition) is 1. The van der Waals surface area contributed by atoms with E-state index in [0.717, 1.165) is 18.4 Å². The Balaban J connectivity index is 1.25. The first-order valence-electron chi connectivity index (χ1n) is 16.2. The van der Waals surface area contributed by atoms with E-state index < -0.39 is 23.3 Å². The van der Waals surface area contributed by atoms with Crippen LogP contribution in [0, 0.1) is 24.0 Å². The van der Waals surface area contributed by atoms with E-state index in [1.165, 1.54) is 6.07 Å². The van der Waals surface area contributed by atoms with E-state index in [4.69, 9.17) is 25.9 Å². The fourth-order valence-electron chi connectivity index (χ4n) is 8.87. The first kappa shape index (κ1) is 28.8. The number of nitrogens with zero attached hydrogens (tertiary/aromatic N) is 5. The van der Waals surface area contributed by atoms with Gasteiger partial charge < -0.3 is 19.7 Å². The molecule has 4 aromatic rings. The molecule has 4 saturated heterocycles. The Morgan fingerprint density at radius 1 is 1.15 bits per heavy atom. The Bertz CT molecular complexity index is 2050. The topological polar surface area (TPSA) is 75.6 Å². The van der Waals surface area contributed by atoms with Crippen LogP contribution in [0.15, 0.2) is 42.5 Å². The predicted molar refractivity (Wildman–Crippen MR) is 172 cm³/mol. The van der Waals surface area contributed by atoms with Gasteiger partial charge in [0.15, 0.2) is 5.82 Å². The van der Waals surface area contributed by atoms with Gasteiger partial charge in [-0.1, -0.05) is 42.3 Å². The molecule has 6 atom stereocenters. The maximum atomic E-state index is 17.1. The first-order valence-corrected chi connectivity index (χ1v) is 16.2. The highest BCUT2D eigenvalue weighted by Gasteiger charge is 2.51. The Labute approximate surface area is 270 Å². The van der Waals surface area contributed by atoms with Crippen LogP contribution in [0.3, 0.4) is 0 Å². The van der Waals surface area contributed by atoms with Crippen molar-refractivity contribution in [3.05, 3.63) is 59.7 Å². The van der Waals surface area contributed by atoms with Crippen LogP contribution >= 0.6 is 0 Å². The average Bonchev–Trinajstić information content (AvgIpc) is 3.65. The van der Waals surface area contributed by atoms with Gasteiger partial charge in [-0.05, 0) is 37.6 Å². The third kappa shape index (κ3) is 4.27. The molecule has 7 heterocycles. The normalized spacial score (nSPS) is 29.5. The summed E-state index contributed by atoms with van der Waals surface area (Å²) in [6.45, 7) is 7.87. The number of halogens is 3.